The van der Waals surface area contributed by atoms with Crippen LogP contribution in [0.5, 0.6) is 0 Å². The van der Waals surface area contributed by atoms with Crippen molar-refractivity contribution in [3.05, 3.63) is 30.1 Å². The van der Waals surface area contributed by atoms with E-state index in [0.717, 1.165) is 0 Å². The van der Waals surface area contributed by atoms with E-state index >= 15 is 0 Å². The van der Waals surface area contributed by atoms with Gasteiger partial charge in [-0.2, -0.15) is 10.2 Å². The lowest BCUT2D eigenvalue weighted by atomic mass is 10.1. The first-order valence-electron chi connectivity index (χ1n) is 5.92. The summed E-state index contributed by atoms with van der Waals surface area (Å²) in [6, 6.07) is -0.703. The van der Waals surface area contributed by atoms with Crippen LogP contribution >= 0.6 is 0 Å². The summed E-state index contributed by atoms with van der Waals surface area (Å²) in [5, 5.41) is 10.9. The number of amides is 1. The topological polar surface area (TPSA) is 104 Å². The summed E-state index contributed by atoms with van der Waals surface area (Å²) in [4.78, 5) is 15.9. The van der Waals surface area contributed by atoms with Gasteiger partial charge >= 0.3 is 0 Å². The van der Waals surface area contributed by atoms with Gasteiger partial charge in [-0.3, -0.25) is 14.2 Å². The number of hydrogen-bond donors (Lipinski definition) is 2. The van der Waals surface area contributed by atoms with Crippen LogP contribution in [0, 0.1) is 0 Å². The Labute approximate surface area is 110 Å². The fourth-order valence-corrected chi connectivity index (χ4v) is 1.66. The monoisotopic (exact) mass is 263 g/mol. The third kappa shape index (κ3) is 3.38. The van der Waals surface area contributed by atoms with Gasteiger partial charge in [0.2, 0.25) is 5.91 Å². The molecule has 0 aliphatic heterocycles. The standard InChI is InChI=1S/C11H17N7O/c1-17-6-8(5-15-17)10(12)11(19)13-4-3-9-14-7-18(2)16-9/h5-7,10H,3-4,12H2,1-2H3,(H,13,19). The molecule has 0 radical (unpaired) electrons. The second-order valence-electron chi connectivity index (χ2n) is 4.30. The maximum atomic E-state index is 11.8. The fourth-order valence-electron chi connectivity index (χ4n) is 1.66. The van der Waals surface area contributed by atoms with E-state index in [1.807, 2.05) is 0 Å². The van der Waals surface area contributed by atoms with Gasteiger partial charge in [0.05, 0.1) is 6.20 Å². The molecule has 2 aromatic rings. The van der Waals surface area contributed by atoms with Gasteiger partial charge in [0.15, 0.2) is 5.82 Å². The molecule has 19 heavy (non-hydrogen) atoms. The Balaban J connectivity index is 1.81. The van der Waals surface area contributed by atoms with E-state index in [1.165, 1.54) is 0 Å². The molecule has 3 N–H and O–H groups in total. The average molecular weight is 263 g/mol. The van der Waals surface area contributed by atoms with Crippen molar-refractivity contribution >= 4 is 5.91 Å². The zero-order chi connectivity index (χ0) is 13.8. The third-order valence-corrected chi connectivity index (χ3v) is 2.66. The van der Waals surface area contributed by atoms with Crippen molar-refractivity contribution < 1.29 is 4.79 Å². The molecule has 0 fully saturated rings. The first kappa shape index (κ1) is 13.2. The highest BCUT2D eigenvalue weighted by Crippen LogP contribution is 2.07. The van der Waals surface area contributed by atoms with Crippen LogP contribution in [-0.4, -0.2) is 37.0 Å². The Hall–Kier alpha value is -2.22. The number of carbonyl (C=O) groups is 1. The molecule has 0 saturated heterocycles. The van der Waals surface area contributed by atoms with E-state index < -0.39 is 6.04 Å². The molecule has 8 nitrogen and oxygen atoms in total. The molecule has 1 unspecified atom stereocenters. The number of nitrogens with one attached hydrogen (secondary N) is 1. The molecular weight excluding hydrogens is 246 g/mol. The molecule has 2 aromatic heterocycles. The molecule has 2 rings (SSSR count). The van der Waals surface area contributed by atoms with Crippen molar-refractivity contribution in [1.29, 1.82) is 0 Å². The Morgan fingerprint density at radius 3 is 2.84 bits per heavy atom. The number of aryl methyl sites for hydroxylation is 2. The number of rotatable bonds is 5. The quantitative estimate of drug-likeness (QED) is 0.713. The highest BCUT2D eigenvalue weighted by atomic mass is 16.2. The summed E-state index contributed by atoms with van der Waals surface area (Å²) in [6.07, 6.45) is 5.51. The van der Waals surface area contributed by atoms with E-state index in [2.05, 4.69) is 20.5 Å². The molecule has 102 valence electrons. The van der Waals surface area contributed by atoms with Crippen LogP contribution in [0.4, 0.5) is 0 Å². The van der Waals surface area contributed by atoms with Crippen LogP contribution in [-0.2, 0) is 25.3 Å². The highest BCUT2D eigenvalue weighted by Gasteiger charge is 2.16. The minimum Gasteiger partial charge on any atom is -0.354 e. The van der Waals surface area contributed by atoms with Crippen molar-refractivity contribution in [1.82, 2.24) is 29.9 Å². The molecule has 2 heterocycles. The summed E-state index contributed by atoms with van der Waals surface area (Å²) >= 11 is 0. The van der Waals surface area contributed by atoms with Crippen LogP contribution in [0.2, 0.25) is 0 Å². The first-order valence-corrected chi connectivity index (χ1v) is 5.92. The van der Waals surface area contributed by atoms with Gasteiger partial charge in [-0.25, -0.2) is 4.98 Å². The highest BCUT2D eigenvalue weighted by molar-refractivity contribution is 5.82. The molecule has 8 heteroatoms. The van der Waals surface area contributed by atoms with E-state index in [4.69, 9.17) is 5.73 Å². The lowest BCUT2D eigenvalue weighted by molar-refractivity contribution is -0.122. The summed E-state index contributed by atoms with van der Waals surface area (Å²) in [5.41, 5.74) is 6.53. The Kier molecular flexibility index (Phi) is 3.91. The predicted molar refractivity (Wildman–Crippen MR) is 67.9 cm³/mol. The predicted octanol–water partition coefficient (Wildman–Crippen LogP) is -1.09. The van der Waals surface area contributed by atoms with Gasteiger partial charge in [-0.05, 0) is 0 Å². The zero-order valence-corrected chi connectivity index (χ0v) is 10.9. The number of nitrogens with zero attached hydrogens (tertiary/aromatic N) is 5. The fraction of sp³-hybridized carbons (Fsp3) is 0.455. The van der Waals surface area contributed by atoms with Crippen molar-refractivity contribution in [2.45, 2.75) is 12.5 Å². The largest absolute Gasteiger partial charge is 0.354 e. The van der Waals surface area contributed by atoms with Crippen molar-refractivity contribution in [2.24, 2.45) is 19.8 Å². The number of aromatic nitrogens is 5. The number of hydrogen-bond acceptors (Lipinski definition) is 5. The molecule has 0 saturated carbocycles. The zero-order valence-electron chi connectivity index (χ0n) is 10.9. The van der Waals surface area contributed by atoms with Gasteiger partial charge in [0.1, 0.15) is 12.4 Å². The molecule has 0 bridgehead atoms. The maximum absolute atomic E-state index is 11.8. The second-order valence-corrected chi connectivity index (χ2v) is 4.30. The summed E-state index contributed by atoms with van der Waals surface area (Å²) in [6.45, 7) is 0.455. The van der Waals surface area contributed by atoms with Crippen LogP contribution in [0.3, 0.4) is 0 Å². The maximum Gasteiger partial charge on any atom is 0.241 e. The lowest BCUT2D eigenvalue weighted by Crippen LogP contribution is -2.35. The number of nitrogens with two attached hydrogens (primary N) is 1. The lowest BCUT2D eigenvalue weighted by Gasteiger charge is -2.09. The van der Waals surface area contributed by atoms with E-state index in [9.17, 15) is 4.79 Å². The average Bonchev–Trinajstić information content (AvgIpc) is 2.97. The van der Waals surface area contributed by atoms with E-state index in [-0.39, 0.29) is 5.91 Å². The van der Waals surface area contributed by atoms with Crippen LogP contribution in [0.1, 0.15) is 17.4 Å². The molecule has 0 spiro atoms. The summed E-state index contributed by atoms with van der Waals surface area (Å²) in [7, 11) is 3.58. The van der Waals surface area contributed by atoms with Gasteiger partial charge in [-0.15, -0.1) is 0 Å². The van der Waals surface area contributed by atoms with Crippen LogP contribution in [0.25, 0.3) is 0 Å². The van der Waals surface area contributed by atoms with Crippen molar-refractivity contribution in [3.63, 3.8) is 0 Å². The van der Waals surface area contributed by atoms with Gasteiger partial charge in [0.25, 0.3) is 0 Å². The molecule has 1 atom stereocenters. The first-order chi connectivity index (χ1) is 9.06. The number of carbonyl (C=O) groups excluding carboxylic acids is 1. The molecule has 0 aromatic carbocycles. The van der Waals surface area contributed by atoms with Gasteiger partial charge in [0, 0.05) is 38.8 Å². The van der Waals surface area contributed by atoms with E-state index in [0.29, 0.717) is 24.4 Å². The van der Waals surface area contributed by atoms with Gasteiger partial charge in [-0.1, -0.05) is 0 Å². The summed E-state index contributed by atoms with van der Waals surface area (Å²) < 4.78 is 3.23. The molecule has 1 amide bonds. The Morgan fingerprint density at radius 2 is 2.26 bits per heavy atom. The summed E-state index contributed by atoms with van der Waals surface area (Å²) in [5.74, 6) is 0.460. The Bertz CT molecular complexity index is 559. The van der Waals surface area contributed by atoms with E-state index in [1.54, 1.807) is 42.2 Å². The Morgan fingerprint density at radius 1 is 1.47 bits per heavy atom. The second kappa shape index (κ2) is 5.61. The van der Waals surface area contributed by atoms with Crippen molar-refractivity contribution in [2.75, 3.05) is 6.54 Å². The molecular formula is C11H17N7O. The normalized spacial score (nSPS) is 12.4. The smallest absolute Gasteiger partial charge is 0.241 e. The minimum absolute atomic E-state index is 0.232. The molecule has 0 aliphatic rings. The SMILES string of the molecule is Cn1cc(C(N)C(=O)NCCc2ncn(C)n2)cn1. The third-order valence-electron chi connectivity index (χ3n) is 2.66. The minimum atomic E-state index is -0.703. The van der Waals surface area contributed by atoms with Crippen LogP contribution < -0.4 is 11.1 Å². The molecule has 0 aliphatic carbocycles. The van der Waals surface area contributed by atoms with Crippen LogP contribution in [0.15, 0.2) is 18.7 Å². The van der Waals surface area contributed by atoms with Gasteiger partial charge < -0.3 is 11.1 Å². The van der Waals surface area contributed by atoms with Crippen molar-refractivity contribution in [3.8, 4) is 0 Å².